The molecule has 8 aromatic rings. The highest BCUT2D eigenvalue weighted by Gasteiger charge is 2.24. The van der Waals surface area contributed by atoms with Crippen LogP contribution in [0.2, 0.25) is 0 Å². The smallest absolute Gasteiger partial charge is 0.140 e. The van der Waals surface area contributed by atoms with Crippen molar-refractivity contribution in [1.29, 1.82) is 0 Å². The van der Waals surface area contributed by atoms with Crippen LogP contribution in [0.1, 0.15) is 5.82 Å². The summed E-state index contributed by atoms with van der Waals surface area (Å²) >= 11 is 0. The molecule has 1 heterocycles. The van der Waals surface area contributed by atoms with Gasteiger partial charge in [0, 0.05) is 5.56 Å². The molecule has 0 aliphatic carbocycles. The summed E-state index contributed by atoms with van der Waals surface area (Å²) in [6.07, 6.45) is 0. The third-order valence-electron chi connectivity index (χ3n) is 11.1. The summed E-state index contributed by atoms with van der Waals surface area (Å²) in [6, 6.07) is 35.4. The van der Waals surface area contributed by atoms with Crippen molar-refractivity contribution in [3.8, 4) is 27.9 Å². The minimum absolute atomic E-state index is 0.984. The fourth-order valence-corrected chi connectivity index (χ4v) is 8.42. The van der Waals surface area contributed by atoms with Gasteiger partial charge in [-0.25, -0.2) is 4.98 Å². The van der Waals surface area contributed by atoms with Crippen LogP contribution in [0, 0.1) is 6.92 Å². The molecular weight excluding hydrogens is 560 g/mol. The van der Waals surface area contributed by atoms with E-state index in [2.05, 4.69) is 163 Å². The molecule has 2 nitrogen and oxygen atoms in total. The zero-order chi connectivity index (χ0) is 32.7. The molecule has 7 aromatic carbocycles. The molecule has 8 rings (SSSR count). The Morgan fingerprint density at radius 3 is 1.53 bits per heavy atom. The summed E-state index contributed by atoms with van der Waals surface area (Å²) in [5, 5.41) is 7.93. The number of hydrogen-bond acceptors (Lipinski definition) is 1. The Kier molecular flexibility index (Phi) is 6.88. The highest BCUT2D eigenvalue weighted by atomic mass is 15.1. The first-order chi connectivity index (χ1) is 22.7. The number of hydrogen-bond donors (Lipinski definition) is 0. The van der Waals surface area contributed by atoms with Crippen LogP contribution < -0.4 is 38.2 Å². The van der Waals surface area contributed by atoms with E-state index >= 15 is 0 Å². The van der Waals surface area contributed by atoms with Crippen molar-refractivity contribution >= 4 is 137 Å². The lowest BCUT2D eigenvalue weighted by Crippen LogP contribution is -2.52. The van der Waals surface area contributed by atoms with E-state index in [1.807, 2.05) is 0 Å². The van der Waals surface area contributed by atoms with Crippen LogP contribution in [-0.4, -0.2) is 64.5 Å². The molecular formula is C38H33B7N2. The van der Waals surface area contributed by atoms with Crippen LogP contribution in [0.3, 0.4) is 0 Å². The van der Waals surface area contributed by atoms with Crippen molar-refractivity contribution in [3.05, 3.63) is 103 Å². The first-order valence-corrected chi connectivity index (χ1v) is 16.7. The summed E-state index contributed by atoms with van der Waals surface area (Å²) < 4.78 is 2.32. The lowest BCUT2D eigenvalue weighted by molar-refractivity contribution is 1.00. The summed E-state index contributed by atoms with van der Waals surface area (Å²) in [4.78, 5) is 4.94. The summed E-state index contributed by atoms with van der Waals surface area (Å²) in [5.41, 5.74) is 18.2. The van der Waals surface area contributed by atoms with Crippen LogP contribution in [0.15, 0.2) is 97.1 Å². The van der Waals surface area contributed by atoms with Crippen LogP contribution in [0.4, 0.5) is 0 Å². The predicted octanol–water partition coefficient (Wildman–Crippen LogP) is -2.06. The summed E-state index contributed by atoms with van der Waals surface area (Å²) in [7, 11) is 16.2. The molecule has 47 heavy (non-hydrogen) atoms. The van der Waals surface area contributed by atoms with Crippen LogP contribution in [0.25, 0.3) is 71.3 Å². The average Bonchev–Trinajstić information content (AvgIpc) is 3.43. The molecule has 0 saturated heterocycles. The third kappa shape index (κ3) is 4.18. The van der Waals surface area contributed by atoms with Gasteiger partial charge in [0.2, 0.25) is 0 Å². The van der Waals surface area contributed by atoms with Gasteiger partial charge in [0.05, 0.1) is 16.7 Å². The average molecular weight is 593 g/mol. The van der Waals surface area contributed by atoms with E-state index in [1.165, 1.54) is 92.8 Å². The number of nitrogens with zero attached hydrogens (tertiary/aromatic N) is 2. The molecule has 0 unspecified atom stereocenters. The predicted molar refractivity (Wildman–Crippen MR) is 226 cm³/mol. The monoisotopic (exact) mass is 594 g/mol. The maximum Gasteiger partial charge on any atom is 0.140 e. The second-order valence-corrected chi connectivity index (χ2v) is 13.3. The van der Waals surface area contributed by atoms with Gasteiger partial charge in [-0.1, -0.05) is 106 Å². The van der Waals surface area contributed by atoms with E-state index in [0.717, 1.165) is 22.5 Å². The topological polar surface area (TPSA) is 17.8 Å². The molecule has 0 saturated carbocycles. The number of fused-ring (bicyclic) bond motifs is 4. The van der Waals surface area contributed by atoms with Gasteiger partial charge >= 0.3 is 0 Å². The summed E-state index contributed by atoms with van der Waals surface area (Å²) in [5.74, 6) is 0.984. The number of imidazole rings is 1. The quantitative estimate of drug-likeness (QED) is 0.170. The highest BCUT2D eigenvalue weighted by Crippen LogP contribution is 2.44. The Bertz CT molecular complexity index is 2570. The molecule has 9 heteroatoms. The molecule has 0 aliphatic rings. The second kappa shape index (κ2) is 10.9. The van der Waals surface area contributed by atoms with E-state index in [9.17, 15) is 0 Å². The molecule has 0 atom stereocenters. The van der Waals surface area contributed by atoms with Crippen molar-refractivity contribution in [2.75, 3.05) is 0 Å². The zero-order valence-corrected chi connectivity index (χ0v) is 28.6. The normalized spacial score (nSPS) is 11.7. The lowest BCUT2D eigenvalue weighted by Gasteiger charge is -2.27. The van der Waals surface area contributed by atoms with E-state index < -0.39 is 0 Å². The van der Waals surface area contributed by atoms with Gasteiger partial charge in [-0.3, -0.25) is 4.57 Å². The Labute approximate surface area is 282 Å². The maximum atomic E-state index is 4.94. The fraction of sp³-hybridized carbons (Fsp3) is 0.0263. The van der Waals surface area contributed by atoms with Gasteiger partial charge < -0.3 is 0 Å². The van der Waals surface area contributed by atoms with Gasteiger partial charge in [0.15, 0.2) is 0 Å². The van der Waals surface area contributed by atoms with E-state index in [4.69, 9.17) is 4.98 Å². The Balaban J connectivity index is 1.54. The molecule has 216 valence electrons. The SMILES string of the molecule is Bc1c(B)c(B)c2c(B)c(-c3c4ccccc4c(-c4ccccc4-n4c(C)nc5ccccc54)c4ccccc34)c(B)c(B)c2c1B. The van der Waals surface area contributed by atoms with Gasteiger partial charge in [-0.05, 0) is 74.1 Å². The van der Waals surface area contributed by atoms with Crippen molar-refractivity contribution < 1.29 is 0 Å². The van der Waals surface area contributed by atoms with Crippen molar-refractivity contribution in [2.24, 2.45) is 0 Å². The van der Waals surface area contributed by atoms with Crippen molar-refractivity contribution in [3.63, 3.8) is 0 Å². The van der Waals surface area contributed by atoms with Gasteiger partial charge in [-0.2, -0.15) is 0 Å². The Hall–Kier alpha value is -4.76. The fourth-order valence-electron chi connectivity index (χ4n) is 8.42. The number of rotatable bonds is 3. The van der Waals surface area contributed by atoms with Gasteiger partial charge in [0.1, 0.15) is 60.7 Å². The van der Waals surface area contributed by atoms with Crippen LogP contribution >= 0.6 is 0 Å². The third-order valence-corrected chi connectivity index (χ3v) is 11.1. The van der Waals surface area contributed by atoms with E-state index in [1.54, 1.807) is 0 Å². The maximum absolute atomic E-state index is 4.94. The number of aryl methyl sites for hydroxylation is 1. The lowest BCUT2D eigenvalue weighted by atomic mass is 9.58. The minimum Gasteiger partial charge on any atom is -0.296 e. The van der Waals surface area contributed by atoms with Crippen LogP contribution in [-0.2, 0) is 0 Å². The van der Waals surface area contributed by atoms with E-state index in [-0.39, 0.29) is 0 Å². The number of para-hydroxylation sites is 3. The highest BCUT2D eigenvalue weighted by molar-refractivity contribution is 6.72. The largest absolute Gasteiger partial charge is 0.296 e. The first-order valence-electron chi connectivity index (χ1n) is 16.7. The molecule has 1 aromatic heterocycles. The second-order valence-electron chi connectivity index (χ2n) is 13.3. The number of benzene rings is 7. The summed E-state index contributed by atoms with van der Waals surface area (Å²) in [6.45, 7) is 2.11. The first kappa shape index (κ1) is 29.6. The molecule has 0 aliphatic heterocycles. The van der Waals surface area contributed by atoms with Crippen molar-refractivity contribution in [2.45, 2.75) is 6.92 Å². The Morgan fingerprint density at radius 2 is 0.915 bits per heavy atom. The van der Waals surface area contributed by atoms with Crippen LogP contribution in [0.5, 0.6) is 0 Å². The molecule has 0 amide bonds. The van der Waals surface area contributed by atoms with E-state index in [0.29, 0.717) is 0 Å². The Morgan fingerprint density at radius 1 is 0.447 bits per heavy atom. The molecule has 0 spiro atoms. The minimum atomic E-state index is 0.984. The molecule has 0 bridgehead atoms. The molecule has 0 N–H and O–H groups in total. The molecule has 0 radical (unpaired) electrons. The standard InChI is InChI=1S/C38H33B7N2/c1-18-46-24-15-7-9-17-26(24)47(18)25-16-8-6-14-23(25)27-19-10-2-4-12-21(19)28(22-13-5-3-11-20(22)27)29-32(39)30-31(34(41)33(29)40)36(43)38(45)37(44)35(30)42/h2-17H,39-45H2,1H3. The van der Waals surface area contributed by atoms with Gasteiger partial charge in [0.25, 0.3) is 0 Å². The van der Waals surface area contributed by atoms with Gasteiger partial charge in [-0.15, -0.1) is 10.9 Å². The number of aromatic nitrogens is 2. The van der Waals surface area contributed by atoms with Crippen molar-refractivity contribution in [1.82, 2.24) is 9.55 Å². The molecule has 0 fully saturated rings. The zero-order valence-electron chi connectivity index (χ0n) is 28.6.